The highest BCUT2D eigenvalue weighted by Gasteiger charge is 2.13. The third-order valence-electron chi connectivity index (χ3n) is 3.43. The summed E-state index contributed by atoms with van der Waals surface area (Å²) in [4.78, 5) is 12.0. The molecule has 7 heteroatoms. The summed E-state index contributed by atoms with van der Waals surface area (Å²) in [6.45, 7) is 2.58. The van der Waals surface area contributed by atoms with Crippen LogP contribution in [0.4, 0.5) is 0 Å². The zero-order valence-electron chi connectivity index (χ0n) is 12.2. The van der Waals surface area contributed by atoms with Gasteiger partial charge in [-0.1, -0.05) is 23.4 Å². The summed E-state index contributed by atoms with van der Waals surface area (Å²) in [7, 11) is 1.56. The van der Waals surface area contributed by atoms with Crippen LogP contribution in [-0.4, -0.2) is 18.2 Å². The Balaban J connectivity index is 0.00000176. The van der Waals surface area contributed by atoms with E-state index in [-0.39, 0.29) is 24.0 Å². The molecule has 1 aliphatic rings. The van der Waals surface area contributed by atoms with Crippen LogP contribution in [0.3, 0.4) is 0 Å². The number of amides is 1. The minimum Gasteiger partial charge on any atom is -0.377 e. The Labute approximate surface area is 134 Å². The number of ether oxygens (including phenoxy) is 1. The van der Waals surface area contributed by atoms with E-state index in [0.717, 1.165) is 18.7 Å². The van der Waals surface area contributed by atoms with Crippen molar-refractivity contribution < 1.29 is 14.1 Å². The molecule has 2 aromatic rings. The first kappa shape index (κ1) is 16.5. The normalized spacial score (nSPS) is 12.6. The molecule has 0 bridgehead atoms. The number of nitrogens with one attached hydrogen (secondary N) is 2. The fourth-order valence-electron chi connectivity index (χ4n) is 2.36. The maximum atomic E-state index is 12.0. The third kappa shape index (κ3) is 3.65. The molecule has 0 saturated heterocycles. The molecule has 0 aliphatic carbocycles. The molecule has 0 atom stereocenters. The average molecular weight is 324 g/mol. The lowest BCUT2D eigenvalue weighted by Gasteiger charge is -2.05. The van der Waals surface area contributed by atoms with Crippen LogP contribution in [-0.2, 0) is 31.0 Å². The van der Waals surface area contributed by atoms with Crippen molar-refractivity contribution in [2.45, 2.75) is 26.2 Å². The predicted molar refractivity (Wildman–Crippen MR) is 82.6 cm³/mol. The van der Waals surface area contributed by atoms with Crippen molar-refractivity contribution in [2.75, 3.05) is 7.11 Å². The van der Waals surface area contributed by atoms with Crippen molar-refractivity contribution >= 4 is 18.3 Å². The number of methoxy groups -OCH3 is 1. The Hall–Kier alpha value is -1.89. The molecule has 1 aromatic heterocycles. The van der Waals surface area contributed by atoms with E-state index in [1.807, 2.05) is 6.07 Å². The van der Waals surface area contributed by atoms with Gasteiger partial charge in [0.15, 0.2) is 11.5 Å². The Morgan fingerprint density at radius 2 is 2.18 bits per heavy atom. The lowest BCUT2D eigenvalue weighted by Crippen LogP contribution is -2.23. The van der Waals surface area contributed by atoms with Gasteiger partial charge in [-0.15, -0.1) is 12.4 Å². The van der Waals surface area contributed by atoms with Crippen molar-refractivity contribution in [1.29, 1.82) is 0 Å². The fourth-order valence-corrected chi connectivity index (χ4v) is 2.36. The van der Waals surface area contributed by atoms with Crippen LogP contribution >= 0.6 is 12.4 Å². The lowest BCUT2D eigenvalue weighted by atomic mass is 10.1. The van der Waals surface area contributed by atoms with Gasteiger partial charge in [0.1, 0.15) is 6.61 Å². The maximum absolute atomic E-state index is 12.0. The number of nitrogens with zero attached hydrogens (tertiary/aromatic N) is 1. The predicted octanol–water partition coefficient (Wildman–Crippen LogP) is 1.78. The van der Waals surface area contributed by atoms with Gasteiger partial charge >= 0.3 is 0 Å². The van der Waals surface area contributed by atoms with E-state index in [1.54, 1.807) is 13.2 Å². The van der Waals surface area contributed by atoms with E-state index in [1.165, 1.54) is 11.1 Å². The van der Waals surface area contributed by atoms with E-state index in [9.17, 15) is 4.79 Å². The van der Waals surface area contributed by atoms with Crippen molar-refractivity contribution in [3.05, 3.63) is 52.4 Å². The van der Waals surface area contributed by atoms with Crippen molar-refractivity contribution in [2.24, 2.45) is 0 Å². The number of aromatic nitrogens is 1. The number of carbonyl (C=O) groups is 1. The maximum Gasteiger partial charge on any atom is 0.273 e. The molecule has 1 aliphatic heterocycles. The smallest absolute Gasteiger partial charge is 0.273 e. The van der Waals surface area contributed by atoms with Crippen molar-refractivity contribution in [3.8, 4) is 0 Å². The van der Waals surface area contributed by atoms with Gasteiger partial charge in [-0.3, -0.25) is 4.79 Å². The number of benzene rings is 1. The minimum absolute atomic E-state index is 0. The zero-order valence-corrected chi connectivity index (χ0v) is 13.0. The molecule has 0 saturated carbocycles. The van der Waals surface area contributed by atoms with Gasteiger partial charge in [-0.25, -0.2) is 0 Å². The largest absolute Gasteiger partial charge is 0.377 e. The van der Waals surface area contributed by atoms with Crippen LogP contribution in [0.2, 0.25) is 0 Å². The van der Waals surface area contributed by atoms with Crippen LogP contribution in [0.25, 0.3) is 0 Å². The summed E-state index contributed by atoms with van der Waals surface area (Å²) in [6.07, 6.45) is 0. The van der Waals surface area contributed by atoms with Gasteiger partial charge in [-0.05, 0) is 16.7 Å². The molecule has 1 aromatic carbocycles. The first-order valence-corrected chi connectivity index (χ1v) is 6.80. The number of rotatable bonds is 5. The third-order valence-corrected chi connectivity index (χ3v) is 3.43. The van der Waals surface area contributed by atoms with Crippen molar-refractivity contribution in [1.82, 2.24) is 15.8 Å². The second-order valence-corrected chi connectivity index (χ2v) is 5.00. The molecule has 0 unspecified atom stereocenters. The molecular weight excluding hydrogens is 306 g/mol. The standard InChI is InChI=1S/C15H17N3O3.ClH/c1-20-9-13-5-14(18-21-13)15(19)17-6-10-2-3-11-7-16-8-12(11)4-10;/h2-5,16H,6-9H2,1H3,(H,17,19);1H. The Bertz CT molecular complexity index is 657. The van der Waals surface area contributed by atoms with Gasteiger partial charge < -0.3 is 19.9 Å². The fraction of sp³-hybridized carbons (Fsp3) is 0.333. The number of halogens is 1. The summed E-state index contributed by atoms with van der Waals surface area (Å²) < 4.78 is 9.92. The summed E-state index contributed by atoms with van der Waals surface area (Å²) in [6, 6.07) is 7.84. The molecule has 118 valence electrons. The molecular formula is C15H18ClN3O3. The highest BCUT2D eigenvalue weighted by Crippen LogP contribution is 2.17. The summed E-state index contributed by atoms with van der Waals surface area (Å²) in [5.74, 6) is 0.283. The molecule has 6 nitrogen and oxygen atoms in total. The first-order chi connectivity index (χ1) is 10.3. The summed E-state index contributed by atoms with van der Waals surface area (Å²) in [5.41, 5.74) is 3.97. The van der Waals surface area contributed by atoms with E-state index in [2.05, 4.69) is 27.9 Å². The molecule has 22 heavy (non-hydrogen) atoms. The van der Waals surface area contributed by atoms with Crippen LogP contribution < -0.4 is 10.6 Å². The molecule has 0 spiro atoms. The summed E-state index contributed by atoms with van der Waals surface area (Å²) >= 11 is 0. The van der Waals surface area contributed by atoms with Crippen molar-refractivity contribution in [3.63, 3.8) is 0 Å². The zero-order chi connectivity index (χ0) is 14.7. The SMILES string of the molecule is COCc1cc(C(=O)NCc2ccc3c(c2)CNC3)no1.Cl. The van der Waals surface area contributed by atoms with E-state index in [4.69, 9.17) is 9.26 Å². The first-order valence-electron chi connectivity index (χ1n) is 6.80. The van der Waals surface area contributed by atoms with Gasteiger partial charge in [0.05, 0.1) is 0 Å². The van der Waals surface area contributed by atoms with E-state index in [0.29, 0.717) is 18.9 Å². The van der Waals surface area contributed by atoms with Crippen LogP contribution in [0.15, 0.2) is 28.8 Å². The average Bonchev–Trinajstić information content (AvgIpc) is 3.13. The van der Waals surface area contributed by atoms with E-state index >= 15 is 0 Å². The Morgan fingerprint density at radius 1 is 1.36 bits per heavy atom. The Morgan fingerprint density at radius 3 is 3.00 bits per heavy atom. The summed E-state index contributed by atoms with van der Waals surface area (Å²) in [5, 5.41) is 9.87. The molecule has 2 heterocycles. The number of fused-ring (bicyclic) bond motifs is 1. The second-order valence-electron chi connectivity index (χ2n) is 5.00. The molecule has 1 amide bonds. The van der Waals surface area contributed by atoms with Gasteiger partial charge in [-0.2, -0.15) is 0 Å². The van der Waals surface area contributed by atoms with Gasteiger partial charge in [0.25, 0.3) is 5.91 Å². The topological polar surface area (TPSA) is 76.4 Å². The lowest BCUT2D eigenvalue weighted by molar-refractivity contribution is 0.0941. The number of carbonyl (C=O) groups excluding carboxylic acids is 1. The van der Waals surface area contributed by atoms with Crippen LogP contribution in [0.1, 0.15) is 32.9 Å². The monoisotopic (exact) mass is 323 g/mol. The molecule has 2 N–H and O–H groups in total. The second kappa shape index (κ2) is 7.40. The van der Waals surface area contributed by atoms with E-state index < -0.39 is 0 Å². The number of hydrogen-bond donors (Lipinski definition) is 2. The quantitative estimate of drug-likeness (QED) is 0.877. The Kier molecular flexibility index (Phi) is 5.54. The highest BCUT2D eigenvalue weighted by molar-refractivity contribution is 5.92. The molecule has 3 rings (SSSR count). The van der Waals surface area contributed by atoms with Crippen LogP contribution in [0, 0.1) is 0 Å². The molecule has 0 fully saturated rings. The molecule has 0 radical (unpaired) electrons. The highest BCUT2D eigenvalue weighted by atomic mass is 35.5. The van der Waals surface area contributed by atoms with Gasteiger partial charge in [0, 0.05) is 32.8 Å². The number of hydrogen-bond acceptors (Lipinski definition) is 5. The van der Waals surface area contributed by atoms with Crippen LogP contribution in [0.5, 0.6) is 0 Å². The minimum atomic E-state index is -0.250. The van der Waals surface area contributed by atoms with Gasteiger partial charge in [0.2, 0.25) is 0 Å².